The van der Waals surface area contributed by atoms with Crippen molar-refractivity contribution in [1.82, 2.24) is 0 Å². The molecular formula is C10H19NO2. The smallest absolute Gasteiger partial charge is 0.313 e. The monoisotopic (exact) mass is 185 g/mol. The van der Waals surface area contributed by atoms with Gasteiger partial charge in [0.2, 0.25) is 0 Å². The summed E-state index contributed by atoms with van der Waals surface area (Å²) in [5.41, 5.74) is 5.66. The molecule has 0 aromatic heterocycles. The van der Waals surface area contributed by atoms with E-state index in [2.05, 4.69) is 6.92 Å². The predicted molar refractivity (Wildman–Crippen MR) is 51.2 cm³/mol. The fourth-order valence-corrected chi connectivity index (χ4v) is 2.07. The van der Waals surface area contributed by atoms with Crippen LogP contribution >= 0.6 is 0 Å². The molecule has 0 saturated heterocycles. The van der Waals surface area contributed by atoms with E-state index in [1.165, 1.54) is 7.11 Å². The highest BCUT2D eigenvalue weighted by Gasteiger charge is 2.49. The van der Waals surface area contributed by atoms with Crippen LogP contribution in [-0.4, -0.2) is 19.1 Å². The number of hydrogen-bond donors (Lipinski definition) is 1. The number of carbonyl (C=O) groups is 1. The molecule has 0 heterocycles. The minimum absolute atomic E-state index is 0.0151. The van der Waals surface area contributed by atoms with Gasteiger partial charge in [0, 0.05) is 6.04 Å². The lowest BCUT2D eigenvalue weighted by Gasteiger charge is -2.43. The summed E-state index contributed by atoms with van der Waals surface area (Å²) in [4.78, 5) is 11.5. The van der Waals surface area contributed by atoms with E-state index >= 15 is 0 Å². The molecule has 0 aromatic rings. The van der Waals surface area contributed by atoms with Crippen LogP contribution in [0.4, 0.5) is 0 Å². The number of carbonyl (C=O) groups excluding carboxylic acids is 1. The summed E-state index contributed by atoms with van der Waals surface area (Å²) in [5, 5.41) is 0. The van der Waals surface area contributed by atoms with Crippen molar-refractivity contribution in [2.75, 3.05) is 7.11 Å². The van der Waals surface area contributed by atoms with Gasteiger partial charge in [0.15, 0.2) is 0 Å². The number of hydrogen-bond acceptors (Lipinski definition) is 3. The molecule has 1 aliphatic carbocycles. The van der Waals surface area contributed by atoms with Crippen molar-refractivity contribution in [3.63, 3.8) is 0 Å². The molecule has 0 aliphatic heterocycles. The molecule has 1 aliphatic rings. The van der Waals surface area contributed by atoms with Crippen LogP contribution in [0.3, 0.4) is 0 Å². The van der Waals surface area contributed by atoms with E-state index in [-0.39, 0.29) is 17.4 Å². The summed E-state index contributed by atoms with van der Waals surface area (Å²) in [5.74, 6) is -0.111. The Balaban J connectivity index is 2.63. The molecular weight excluding hydrogens is 166 g/mol. The molecule has 3 heteroatoms. The molecule has 1 rings (SSSR count). The second-order valence-corrected chi connectivity index (χ2v) is 3.90. The molecule has 1 unspecified atom stereocenters. The second kappa shape index (κ2) is 4.09. The minimum Gasteiger partial charge on any atom is -0.469 e. The van der Waals surface area contributed by atoms with Gasteiger partial charge in [-0.2, -0.15) is 0 Å². The average Bonchev–Trinajstić information content (AvgIpc) is 2.02. The summed E-state index contributed by atoms with van der Waals surface area (Å²) < 4.78 is 4.81. The maximum atomic E-state index is 11.5. The fraction of sp³-hybridized carbons (Fsp3) is 0.900. The van der Waals surface area contributed by atoms with E-state index in [0.29, 0.717) is 0 Å². The van der Waals surface area contributed by atoms with Gasteiger partial charge in [-0.3, -0.25) is 4.79 Å². The summed E-state index contributed by atoms with van der Waals surface area (Å²) in [6.45, 7) is 2.09. The van der Waals surface area contributed by atoms with Crippen LogP contribution in [0, 0.1) is 5.41 Å². The van der Waals surface area contributed by atoms with Gasteiger partial charge in [-0.05, 0) is 19.3 Å². The van der Waals surface area contributed by atoms with Crippen molar-refractivity contribution >= 4 is 5.97 Å². The van der Waals surface area contributed by atoms with E-state index in [9.17, 15) is 4.79 Å². The number of ether oxygens (including phenoxy) is 1. The first kappa shape index (κ1) is 10.5. The van der Waals surface area contributed by atoms with Gasteiger partial charge >= 0.3 is 5.97 Å². The molecule has 0 aromatic carbocycles. The van der Waals surface area contributed by atoms with E-state index in [4.69, 9.17) is 10.5 Å². The zero-order chi connectivity index (χ0) is 9.90. The average molecular weight is 185 g/mol. The summed E-state index contributed by atoms with van der Waals surface area (Å²) in [7, 11) is 1.45. The molecule has 1 atom stereocenters. The largest absolute Gasteiger partial charge is 0.469 e. The highest BCUT2D eigenvalue weighted by Crippen LogP contribution is 2.45. The third-order valence-corrected chi connectivity index (χ3v) is 3.15. The quantitative estimate of drug-likeness (QED) is 0.674. The van der Waals surface area contributed by atoms with Crippen LogP contribution < -0.4 is 5.73 Å². The van der Waals surface area contributed by atoms with Gasteiger partial charge < -0.3 is 10.5 Å². The number of esters is 1. The number of rotatable bonds is 4. The van der Waals surface area contributed by atoms with Crippen molar-refractivity contribution < 1.29 is 9.53 Å². The maximum absolute atomic E-state index is 11.5. The Kier molecular flexibility index (Phi) is 3.31. The third kappa shape index (κ3) is 1.70. The Labute approximate surface area is 79.6 Å². The second-order valence-electron chi connectivity index (χ2n) is 3.90. The molecule has 0 bridgehead atoms. The van der Waals surface area contributed by atoms with Gasteiger partial charge in [-0.15, -0.1) is 0 Å². The number of nitrogens with two attached hydrogens (primary N) is 1. The summed E-state index contributed by atoms with van der Waals surface area (Å²) in [6.07, 6.45) is 4.85. The fourth-order valence-electron chi connectivity index (χ4n) is 2.07. The van der Waals surface area contributed by atoms with Gasteiger partial charge in [0.05, 0.1) is 12.5 Å². The van der Waals surface area contributed by atoms with Crippen LogP contribution in [0.15, 0.2) is 0 Å². The van der Waals surface area contributed by atoms with Crippen molar-refractivity contribution in [1.29, 1.82) is 0 Å². The van der Waals surface area contributed by atoms with Gasteiger partial charge in [0.1, 0.15) is 0 Å². The highest BCUT2D eigenvalue weighted by atomic mass is 16.5. The first-order chi connectivity index (χ1) is 6.17. The lowest BCUT2D eigenvalue weighted by Crippen LogP contribution is -2.52. The molecule has 3 nitrogen and oxygen atoms in total. The van der Waals surface area contributed by atoms with E-state index in [1.54, 1.807) is 0 Å². The lowest BCUT2D eigenvalue weighted by atomic mass is 9.63. The minimum atomic E-state index is -0.342. The first-order valence-corrected chi connectivity index (χ1v) is 5.01. The topological polar surface area (TPSA) is 52.3 Å². The van der Waals surface area contributed by atoms with Crippen LogP contribution in [-0.2, 0) is 9.53 Å². The van der Waals surface area contributed by atoms with Crippen LogP contribution in [0.25, 0.3) is 0 Å². The van der Waals surface area contributed by atoms with Crippen LogP contribution in [0.1, 0.15) is 39.0 Å². The Hall–Kier alpha value is -0.570. The van der Waals surface area contributed by atoms with Gasteiger partial charge in [0.25, 0.3) is 0 Å². The summed E-state index contributed by atoms with van der Waals surface area (Å²) in [6, 6.07) is -0.0151. The highest BCUT2D eigenvalue weighted by molar-refractivity contribution is 5.78. The Morgan fingerprint density at radius 2 is 2.23 bits per heavy atom. The molecule has 13 heavy (non-hydrogen) atoms. The predicted octanol–water partition coefficient (Wildman–Crippen LogP) is 1.46. The molecule has 76 valence electrons. The van der Waals surface area contributed by atoms with Crippen molar-refractivity contribution in [2.45, 2.75) is 45.1 Å². The van der Waals surface area contributed by atoms with E-state index < -0.39 is 0 Å². The molecule has 1 fully saturated rings. The zero-order valence-electron chi connectivity index (χ0n) is 8.51. The van der Waals surface area contributed by atoms with Crippen molar-refractivity contribution in [3.05, 3.63) is 0 Å². The Morgan fingerprint density at radius 1 is 1.62 bits per heavy atom. The SMILES string of the molecule is CCCC(N)C1(C(=O)OC)CCC1. The molecule has 2 N–H and O–H groups in total. The molecule has 1 saturated carbocycles. The third-order valence-electron chi connectivity index (χ3n) is 3.15. The molecule has 0 amide bonds. The van der Waals surface area contributed by atoms with Crippen LogP contribution in [0.2, 0.25) is 0 Å². The molecule has 0 spiro atoms. The molecule has 0 radical (unpaired) electrons. The Morgan fingerprint density at radius 3 is 2.54 bits per heavy atom. The normalized spacial score (nSPS) is 21.8. The van der Waals surface area contributed by atoms with Gasteiger partial charge in [-0.25, -0.2) is 0 Å². The van der Waals surface area contributed by atoms with E-state index in [1.807, 2.05) is 0 Å². The van der Waals surface area contributed by atoms with Crippen molar-refractivity contribution in [2.24, 2.45) is 11.1 Å². The lowest BCUT2D eigenvalue weighted by molar-refractivity contribution is -0.160. The van der Waals surface area contributed by atoms with E-state index in [0.717, 1.165) is 32.1 Å². The number of methoxy groups -OCH3 is 1. The van der Waals surface area contributed by atoms with Gasteiger partial charge in [-0.1, -0.05) is 19.8 Å². The first-order valence-electron chi connectivity index (χ1n) is 5.01. The standard InChI is InChI=1S/C10H19NO2/c1-3-5-8(11)10(6-4-7-10)9(12)13-2/h8H,3-7,11H2,1-2H3. The summed E-state index contributed by atoms with van der Waals surface area (Å²) >= 11 is 0. The Bertz CT molecular complexity index is 187. The van der Waals surface area contributed by atoms with Crippen LogP contribution in [0.5, 0.6) is 0 Å². The maximum Gasteiger partial charge on any atom is 0.313 e. The van der Waals surface area contributed by atoms with Crippen molar-refractivity contribution in [3.8, 4) is 0 Å². The zero-order valence-corrected chi connectivity index (χ0v) is 8.51.